The van der Waals surface area contributed by atoms with Crippen molar-refractivity contribution in [1.82, 2.24) is 0 Å². The molecule has 106 valence electrons. The Kier molecular flexibility index (Phi) is 4.41. The summed E-state index contributed by atoms with van der Waals surface area (Å²) >= 11 is 5.75. The normalized spacial score (nSPS) is 21.0. The number of benzene rings is 1. The van der Waals surface area contributed by atoms with E-state index in [0.29, 0.717) is 5.88 Å². The summed E-state index contributed by atoms with van der Waals surface area (Å²) < 4.78 is 26.8. The lowest BCUT2D eigenvalue weighted by Crippen LogP contribution is -2.44. The standard InChI is InChI=1S/C14H20ClNO2S/c1-11(9-15)10-19(17,18)16-12(2)7-8-13-5-3-4-6-14(13)16/h3-6,11-12H,7-10H2,1-2H3. The number of rotatable bonds is 4. The Bertz CT molecular complexity index is 544. The lowest BCUT2D eigenvalue weighted by molar-refractivity contribution is 0.553. The van der Waals surface area contributed by atoms with Crippen LogP contribution in [0.15, 0.2) is 24.3 Å². The maximum atomic E-state index is 12.6. The molecule has 0 N–H and O–H groups in total. The molecule has 0 amide bonds. The van der Waals surface area contributed by atoms with Crippen LogP contribution in [0.2, 0.25) is 0 Å². The Morgan fingerprint density at radius 1 is 1.42 bits per heavy atom. The van der Waals surface area contributed by atoms with Crippen LogP contribution in [-0.4, -0.2) is 26.1 Å². The van der Waals surface area contributed by atoms with Crippen LogP contribution >= 0.6 is 11.6 Å². The SMILES string of the molecule is CC(CCl)CS(=O)(=O)N1c2ccccc2CCC1C. The number of hydrogen-bond donors (Lipinski definition) is 0. The Morgan fingerprint density at radius 2 is 2.11 bits per heavy atom. The van der Waals surface area contributed by atoms with Gasteiger partial charge < -0.3 is 0 Å². The first kappa shape index (κ1) is 14.7. The molecule has 5 heteroatoms. The summed E-state index contributed by atoms with van der Waals surface area (Å²) in [5.41, 5.74) is 1.95. The highest BCUT2D eigenvalue weighted by Gasteiger charge is 2.32. The Morgan fingerprint density at radius 3 is 2.79 bits per heavy atom. The van der Waals surface area contributed by atoms with Gasteiger partial charge in [0.05, 0.1) is 11.4 Å². The molecule has 0 saturated heterocycles. The van der Waals surface area contributed by atoms with E-state index in [1.165, 1.54) is 0 Å². The van der Waals surface area contributed by atoms with Crippen molar-refractivity contribution in [2.75, 3.05) is 15.9 Å². The summed E-state index contributed by atoms with van der Waals surface area (Å²) in [7, 11) is -3.31. The summed E-state index contributed by atoms with van der Waals surface area (Å²) in [5, 5.41) is 0. The zero-order chi connectivity index (χ0) is 14.0. The van der Waals surface area contributed by atoms with Crippen LogP contribution in [0.25, 0.3) is 0 Å². The first-order valence-electron chi connectivity index (χ1n) is 6.61. The van der Waals surface area contributed by atoms with Gasteiger partial charge in [0.1, 0.15) is 0 Å². The predicted molar refractivity (Wildman–Crippen MR) is 80.4 cm³/mol. The van der Waals surface area contributed by atoms with Gasteiger partial charge in [-0.05, 0) is 37.3 Å². The van der Waals surface area contributed by atoms with Crippen LogP contribution in [0.4, 0.5) is 5.69 Å². The van der Waals surface area contributed by atoms with Crippen molar-refractivity contribution >= 4 is 27.3 Å². The highest BCUT2D eigenvalue weighted by molar-refractivity contribution is 7.92. The third-order valence-electron chi connectivity index (χ3n) is 3.52. The second-order valence-corrected chi connectivity index (χ2v) is 7.55. The molecule has 0 radical (unpaired) electrons. The lowest BCUT2D eigenvalue weighted by atomic mass is 9.99. The third-order valence-corrected chi connectivity index (χ3v) is 6.19. The van der Waals surface area contributed by atoms with E-state index in [-0.39, 0.29) is 17.7 Å². The Labute approximate surface area is 120 Å². The molecule has 1 aliphatic rings. The quantitative estimate of drug-likeness (QED) is 0.802. The molecule has 0 aromatic heterocycles. The number of anilines is 1. The van der Waals surface area contributed by atoms with Gasteiger partial charge in [0.15, 0.2) is 0 Å². The summed E-state index contributed by atoms with van der Waals surface area (Å²) in [6.45, 7) is 3.84. The summed E-state index contributed by atoms with van der Waals surface area (Å²) in [4.78, 5) is 0. The average Bonchev–Trinajstić information content (AvgIpc) is 2.37. The van der Waals surface area contributed by atoms with Gasteiger partial charge in [-0.25, -0.2) is 8.42 Å². The lowest BCUT2D eigenvalue weighted by Gasteiger charge is -2.36. The largest absolute Gasteiger partial charge is 0.267 e. The summed E-state index contributed by atoms with van der Waals surface area (Å²) in [6.07, 6.45) is 1.81. The van der Waals surface area contributed by atoms with Gasteiger partial charge in [-0.15, -0.1) is 11.6 Å². The second-order valence-electron chi connectivity index (χ2n) is 5.35. The number of sulfonamides is 1. The molecule has 0 fully saturated rings. The molecule has 1 aromatic rings. The maximum absolute atomic E-state index is 12.6. The molecule has 1 aromatic carbocycles. The fraction of sp³-hybridized carbons (Fsp3) is 0.571. The maximum Gasteiger partial charge on any atom is 0.235 e. The van der Waals surface area contributed by atoms with Crippen molar-refractivity contribution in [2.45, 2.75) is 32.7 Å². The van der Waals surface area contributed by atoms with Gasteiger partial charge >= 0.3 is 0 Å². The van der Waals surface area contributed by atoms with Crippen molar-refractivity contribution < 1.29 is 8.42 Å². The fourth-order valence-electron chi connectivity index (χ4n) is 2.56. The molecule has 3 nitrogen and oxygen atoms in total. The van der Waals surface area contributed by atoms with Crippen LogP contribution in [0.3, 0.4) is 0 Å². The molecule has 19 heavy (non-hydrogen) atoms. The number of alkyl halides is 1. The van der Waals surface area contributed by atoms with Gasteiger partial charge in [-0.3, -0.25) is 4.31 Å². The molecule has 1 aliphatic heterocycles. The van der Waals surface area contributed by atoms with E-state index in [1.54, 1.807) is 4.31 Å². The first-order chi connectivity index (χ1) is 8.95. The molecule has 0 saturated carbocycles. The van der Waals surface area contributed by atoms with E-state index >= 15 is 0 Å². The topological polar surface area (TPSA) is 37.4 Å². The molecule has 2 unspecified atom stereocenters. The van der Waals surface area contributed by atoms with Crippen LogP contribution in [-0.2, 0) is 16.4 Å². The number of para-hydroxylation sites is 1. The van der Waals surface area contributed by atoms with Gasteiger partial charge in [0.2, 0.25) is 10.0 Å². The van der Waals surface area contributed by atoms with Crippen LogP contribution < -0.4 is 4.31 Å². The van der Waals surface area contributed by atoms with Gasteiger partial charge in [-0.1, -0.05) is 25.1 Å². The summed E-state index contributed by atoms with van der Waals surface area (Å²) in [6, 6.07) is 7.77. The van der Waals surface area contributed by atoms with Crippen LogP contribution in [0.5, 0.6) is 0 Å². The molecule has 1 heterocycles. The fourth-order valence-corrected chi connectivity index (χ4v) is 4.93. The predicted octanol–water partition coefficient (Wildman–Crippen LogP) is 3.03. The molecule has 0 bridgehead atoms. The summed E-state index contributed by atoms with van der Waals surface area (Å²) in [5.74, 6) is 0.436. The average molecular weight is 302 g/mol. The molecule has 0 spiro atoms. The van der Waals surface area contributed by atoms with Gasteiger partial charge in [0.25, 0.3) is 0 Å². The highest BCUT2D eigenvalue weighted by atomic mass is 35.5. The number of halogens is 1. The van der Waals surface area contributed by atoms with E-state index in [9.17, 15) is 8.42 Å². The molecule has 2 rings (SSSR count). The van der Waals surface area contributed by atoms with Crippen LogP contribution in [0, 0.1) is 5.92 Å². The van der Waals surface area contributed by atoms with E-state index in [2.05, 4.69) is 0 Å². The van der Waals surface area contributed by atoms with Crippen molar-refractivity contribution in [3.05, 3.63) is 29.8 Å². The number of aryl methyl sites for hydroxylation is 1. The molecular formula is C14H20ClNO2S. The third kappa shape index (κ3) is 3.06. The minimum absolute atomic E-state index is 0.0161. The van der Waals surface area contributed by atoms with Crippen molar-refractivity contribution in [3.8, 4) is 0 Å². The molecule has 0 aliphatic carbocycles. The minimum Gasteiger partial charge on any atom is -0.267 e. The van der Waals surface area contributed by atoms with Gasteiger partial charge in [-0.2, -0.15) is 0 Å². The number of fused-ring (bicyclic) bond motifs is 1. The van der Waals surface area contributed by atoms with E-state index in [4.69, 9.17) is 11.6 Å². The monoisotopic (exact) mass is 301 g/mol. The van der Waals surface area contributed by atoms with E-state index in [0.717, 1.165) is 24.1 Å². The van der Waals surface area contributed by atoms with Gasteiger partial charge in [0, 0.05) is 11.9 Å². The number of hydrogen-bond acceptors (Lipinski definition) is 2. The van der Waals surface area contributed by atoms with Crippen LogP contribution in [0.1, 0.15) is 25.8 Å². The number of nitrogens with zero attached hydrogens (tertiary/aromatic N) is 1. The Balaban J connectivity index is 2.38. The zero-order valence-electron chi connectivity index (χ0n) is 11.3. The molecular weight excluding hydrogens is 282 g/mol. The zero-order valence-corrected chi connectivity index (χ0v) is 12.9. The van der Waals surface area contributed by atoms with E-state index in [1.807, 2.05) is 38.1 Å². The smallest absolute Gasteiger partial charge is 0.235 e. The van der Waals surface area contributed by atoms with Crippen molar-refractivity contribution in [1.29, 1.82) is 0 Å². The highest BCUT2D eigenvalue weighted by Crippen LogP contribution is 2.33. The Hall–Kier alpha value is -0.740. The first-order valence-corrected chi connectivity index (χ1v) is 8.76. The molecule has 2 atom stereocenters. The minimum atomic E-state index is -3.31. The van der Waals surface area contributed by atoms with Crippen molar-refractivity contribution in [3.63, 3.8) is 0 Å². The van der Waals surface area contributed by atoms with E-state index < -0.39 is 10.0 Å². The van der Waals surface area contributed by atoms with Crippen molar-refractivity contribution in [2.24, 2.45) is 5.92 Å². The second kappa shape index (κ2) is 5.71.